The Bertz CT molecular complexity index is 790. The van der Waals surface area contributed by atoms with E-state index in [4.69, 9.17) is 4.74 Å². The number of para-hydroxylation sites is 2. The molecule has 0 aliphatic carbocycles. The van der Waals surface area contributed by atoms with Crippen LogP contribution in [0, 0.1) is 0 Å². The Labute approximate surface area is 175 Å². The number of piperidine rings is 1. The van der Waals surface area contributed by atoms with Gasteiger partial charge in [-0.1, -0.05) is 36.4 Å². The number of aliphatic imine (C=N–C) groups is 1. The second-order valence-corrected chi connectivity index (χ2v) is 8.49. The lowest BCUT2D eigenvalue weighted by atomic mass is 10.0. The van der Waals surface area contributed by atoms with Crippen molar-refractivity contribution in [2.24, 2.45) is 4.99 Å². The lowest BCUT2D eigenvalue weighted by molar-refractivity contribution is 0.129. The van der Waals surface area contributed by atoms with Crippen molar-refractivity contribution in [3.05, 3.63) is 60.2 Å². The fourth-order valence-corrected chi connectivity index (χ4v) is 3.57. The first-order valence-corrected chi connectivity index (χ1v) is 10.5. The lowest BCUT2D eigenvalue weighted by Gasteiger charge is -2.34. The van der Waals surface area contributed by atoms with Gasteiger partial charge in [0.25, 0.3) is 0 Å². The van der Waals surface area contributed by atoms with Gasteiger partial charge < -0.3 is 20.3 Å². The zero-order valence-electron chi connectivity index (χ0n) is 18.1. The molecule has 1 fully saturated rings. The van der Waals surface area contributed by atoms with Crippen molar-refractivity contribution in [1.82, 2.24) is 10.6 Å². The van der Waals surface area contributed by atoms with Crippen LogP contribution < -0.4 is 20.3 Å². The van der Waals surface area contributed by atoms with Crippen LogP contribution in [-0.2, 0) is 6.54 Å². The van der Waals surface area contributed by atoms with E-state index in [0.29, 0.717) is 12.6 Å². The molecule has 5 heteroatoms. The van der Waals surface area contributed by atoms with Gasteiger partial charge in [-0.3, -0.25) is 4.99 Å². The highest BCUT2D eigenvalue weighted by atomic mass is 16.5. The van der Waals surface area contributed by atoms with Gasteiger partial charge in [-0.2, -0.15) is 0 Å². The molecule has 156 valence electrons. The van der Waals surface area contributed by atoms with Crippen molar-refractivity contribution >= 4 is 11.6 Å². The van der Waals surface area contributed by atoms with Crippen LogP contribution in [0.3, 0.4) is 0 Å². The molecule has 3 rings (SSSR count). The summed E-state index contributed by atoms with van der Waals surface area (Å²) in [5, 5.41) is 7.03. The van der Waals surface area contributed by atoms with Crippen molar-refractivity contribution in [3.63, 3.8) is 0 Å². The van der Waals surface area contributed by atoms with E-state index in [-0.39, 0.29) is 5.60 Å². The molecule has 1 aliphatic heterocycles. The van der Waals surface area contributed by atoms with E-state index in [0.717, 1.165) is 43.2 Å². The average molecular weight is 395 g/mol. The summed E-state index contributed by atoms with van der Waals surface area (Å²) in [6.07, 6.45) is 2.19. The fraction of sp³-hybridized carbons (Fsp3) is 0.458. The molecule has 0 saturated carbocycles. The van der Waals surface area contributed by atoms with Gasteiger partial charge in [0, 0.05) is 44.0 Å². The SMILES string of the molecule is CN=C(NCc1ccccc1OC(C)(C)C)NC1CCN(c2ccccc2)CC1. The fourth-order valence-electron chi connectivity index (χ4n) is 3.57. The quantitative estimate of drug-likeness (QED) is 0.589. The van der Waals surface area contributed by atoms with E-state index in [2.05, 4.69) is 77.7 Å². The molecule has 0 radical (unpaired) electrons. The van der Waals surface area contributed by atoms with Crippen LogP contribution in [-0.4, -0.2) is 37.7 Å². The molecule has 29 heavy (non-hydrogen) atoms. The third-order valence-electron chi connectivity index (χ3n) is 5.02. The molecule has 0 bridgehead atoms. The van der Waals surface area contributed by atoms with E-state index >= 15 is 0 Å². The number of benzene rings is 2. The smallest absolute Gasteiger partial charge is 0.191 e. The van der Waals surface area contributed by atoms with Crippen molar-refractivity contribution < 1.29 is 4.74 Å². The van der Waals surface area contributed by atoms with Gasteiger partial charge in [-0.05, 0) is 51.8 Å². The topological polar surface area (TPSA) is 48.9 Å². The minimum absolute atomic E-state index is 0.219. The number of rotatable bonds is 5. The Morgan fingerprint density at radius 2 is 1.69 bits per heavy atom. The van der Waals surface area contributed by atoms with Gasteiger partial charge in [0.05, 0.1) is 0 Å². The maximum atomic E-state index is 6.10. The molecular weight excluding hydrogens is 360 g/mol. The van der Waals surface area contributed by atoms with Crippen molar-refractivity contribution in [1.29, 1.82) is 0 Å². The highest BCUT2D eigenvalue weighted by Gasteiger charge is 2.20. The molecule has 0 atom stereocenters. The van der Waals surface area contributed by atoms with Crippen molar-refractivity contribution in [2.45, 2.75) is 51.8 Å². The van der Waals surface area contributed by atoms with Crippen LogP contribution in [0.4, 0.5) is 5.69 Å². The van der Waals surface area contributed by atoms with Crippen LogP contribution in [0.2, 0.25) is 0 Å². The minimum Gasteiger partial charge on any atom is -0.488 e. The molecule has 1 aliphatic rings. The Kier molecular flexibility index (Phi) is 7.02. The first-order chi connectivity index (χ1) is 13.9. The zero-order chi connectivity index (χ0) is 20.7. The minimum atomic E-state index is -0.219. The molecule has 0 aromatic heterocycles. The van der Waals surface area contributed by atoms with Crippen molar-refractivity contribution in [2.75, 3.05) is 25.0 Å². The summed E-state index contributed by atoms with van der Waals surface area (Å²) < 4.78 is 6.10. The van der Waals surface area contributed by atoms with Gasteiger partial charge in [-0.15, -0.1) is 0 Å². The molecule has 2 N–H and O–H groups in total. The standard InChI is InChI=1S/C24H34N4O/c1-24(2,3)29-22-13-9-8-10-19(22)18-26-23(25-4)27-20-14-16-28(17-15-20)21-11-6-5-7-12-21/h5-13,20H,14-18H2,1-4H3,(H2,25,26,27). The monoisotopic (exact) mass is 394 g/mol. The third-order valence-corrected chi connectivity index (χ3v) is 5.02. The summed E-state index contributed by atoms with van der Waals surface area (Å²) in [6.45, 7) is 9.00. The predicted octanol–water partition coefficient (Wildman–Crippen LogP) is 4.20. The largest absolute Gasteiger partial charge is 0.488 e. The molecule has 0 amide bonds. The molecule has 5 nitrogen and oxygen atoms in total. The van der Waals surface area contributed by atoms with Crippen LogP contribution in [0.1, 0.15) is 39.2 Å². The number of nitrogens with zero attached hydrogens (tertiary/aromatic N) is 2. The predicted molar refractivity (Wildman–Crippen MR) is 122 cm³/mol. The molecule has 0 spiro atoms. The van der Waals surface area contributed by atoms with Crippen LogP contribution >= 0.6 is 0 Å². The summed E-state index contributed by atoms with van der Waals surface area (Å²) in [5.41, 5.74) is 2.22. The van der Waals surface area contributed by atoms with E-state index < -0.39 is 0 Å². The van der Waals surface area contributed by atoms with Gasteiger partial charge in [0.2, 0.25) is 0 Å². The van der Waals surface area contributed by atoms with E-state index in [1.54, 1.807) is 0 Å². The second-order valence-electron chi connectivity index (χ2n) is 8.49. The van der Waals surface area contributed by atoms with E-state index in [1.165, 1.54) is 5.69 Å². The third kappa shape index (κ3) is 6.41. The Hall–Kier alpha value is -2.69. The maximum Gasteiger partial charge on any atom is 0.191 e. The highest BCUT2D eigenvalue weighted by Crippen LogP contribution is 2.23. The summed E-state index contributed by atoms with van der Waals surface area (Å²) in [7, 11) is 1.83. The zero-order valence-corrected chi connectivity index (χ0v) is 18.1. The summed E-state index contributed by atoms with van der Waals surface area (Å²) in [6, 6.07) is 19.3. The first-order valence-electron chi connectivity index (χ1n) is 10.5. The molecule has 0 unspecified atom stereocenters. The van der Waals surface area contributed by atoms with Gasteiger partial charge in [0.15, 0.2) is 5.96 Å². The summed E-state index contributed by atoms with van der Waals surface area (Å²) >= 11 is 0. The second kappa shape index (κ2) is 9.68. The Morgan fingerprint density at radius 1 is 1.03 bits per heavy atom. The van der Waals surface area contributed by atoms with E-state index in [9.17, 15) is 0 Å². The normalized spacial score (nSPS) is 15.9. The summed E-state index contributed by atoms with van der Waals surface area (Å²) in [5.74, 6) is 1.76. The lowest BCUT2D eigenvalue weighted by Crippen LogP contribution is -2.48. The highest BCUT2D eigenvalue weighted by molar-refractivity contribution is 5.80. The Morgan fingerprint density at radius 3 is 2.34 bits per heavy atom. The average Bonchev–Trinajstić information content (AvgIpc) is 2.72. The molecular formula is C24H34N4O. The first kappa shape index (κ1) is 21.0. The van der Waals surface area contributed by atoms with Crippen LogP contribution in [0.5, 0.6) is 5.75 Å². The number of ether oxygens (including phenoxy) is 1. The van der Waals surface area contributed by atoms with Crippen molar-refractivity contribution in [3.8, 4) is 5.75 Å². The molecule has 1 heterocycles. The molecule has 1 saturated heterocycles. The van der Waals surface area contributed by atoms with Crippen LogP contribution in [0.15, 0.2) is 59.6 Å². The number of guanidine groups is 1. The maximum absolute atomic E-state index is 6.10. The summed E-state index contributed by atoms with van der Waals surface area (Å²) in [4.78, 5) is 6.87. The molecule has 2 aromatic rings. The number of nitrogens with one attached hydrogen (secondary N) is 2. The van der Waals surface area contributed by atoms with Gasteiger partial charge in [0.1, 0.15) is 11.4 Å². The number of hydrogen-bond donors (Lipinski definition) is 2. The van der Waals surface area contributed by atoms with Gasteiger partial charge >= 0.3 is 0 Å². The van der Waals surface area contributed by atoms with E-state index in [1.807, 2.05) is 25.2 Å². The van der Waals surface area contributed by atoms with Crippen LogP contribution in [0.25, 0.3) is 0 Å². The van der Waals surface area contributed by atoms with Gasteiger partial charge in [-0.25, -0.2) is 0 Å². The Balaban J connectivity index is 1.51. The number of anilines is 1. The molecule has 2 aromatic carbocycles. The number of hydrogen-bond acceptors (Lipinski definition) is 3.